The lowest BCUT2D eigenvalue weighted by atomic mass is 9.94. The van der Waals surface area contributed by atoms with Gasteiger partial charge >= 0.3 is 0 Å². The topological polar surface area (TPSA) is 264 Å². The first-order valence-electron chi connectivity index (χ1n) is 19.4. The minimum absolute atomic E-state index is 0.336. The molecule has 0 radical (unpaired) electrons. The zero-order chi connectivity index (χ0) is 47.9. The Balaban J connectivity index is 0.000000223. The van der Waals surface area contributed by atoms with Gasteiger partial charge in [0.1, 0.15) is 90.0 Å². The van der Waals surface area contributed by atoms with Crippen molar-refractivity contribution in [3.63, 3.8) is 0 Å². The first-order chi connectivity index (χ1) is 29.7. The second kappa shape index (κ2) is 20.5. The summed E-state index contributed by atoms with van der Waals surface area (Å²) in [5.74, 6) is 0. The van der Waals surface area contributed by atoms with Gasteiger partial charge in [-0.25, -0.2) is 70.2 Å². The molecule has 0 bridgehead atoms. The molecule has 0 aliphatic heterocycles. The first-order valence-corrected chi connectivity index (χ1v) is 25.0. The molecular formula is C40H50N8O12S4. The van der Waals surface area contributed by atoms with E-state index in [-0.39, 0.29) is 0 Å². The highest BCUT2D eigenvalue weighted by Crippen LogP contribution is 2.44. The Morgan fingerprint density at radius 3 is 0.688 bits per heavy atom. The quantitative estimate of drug-likeness (QED) is 0.119. The molecule has 0 aliphatic carbocycles. The van der Waals surface area contributed by atoms with E-state index in [0.29, 0.717) is 12.1 Å². The van der Waals surface area contributed by atoms with Gasteiger partial charge in [-0.2, -0.15) is 0 Å². The molecule has 0 fully saturated rings. The summed E-state index contributed by atoms with van der Waals surface area (Å²) in [7, 11) is -13.5. The van der Waals surface area contributed by atoms with E-state index in [1.54, 1.807) is 0 Å². The summed E-state index contributed by atoms with van der Waals surface area (Å²) >= 11 is 0. The van der Waals surface area contributed by atoms with Crippen molar-refractivity contribution in [2.75, 3.05) is 0 Å². The van der Waals surface area contributed by atoms with Gasteiger partial charge in [0.2, 0.25) is 25.3 Å². The van der Waals surface area contributed by atoms with Crippen molar-refractivity contribution in [1.82, 2.24) is 18.3 Å². The van der Waals surface area contributed by atoms with Gasteiger partial charge in [-0.1, -0.05) is 24.3 Å². The summed E-state index contributed by atoms with van der Waals surface area (Å²) in [4.78, 5) is -4.63. The fraction of sp³-hybridized carbons (Fsp3) is 0.300. The van der Waals surface area contributed by atoms with Crippen LogP contribution in [0.3, 0.4) is 0 Å². The van der Waals surface area contributed by atoms with Crippen molar-refractivity contribution >= 4 is 72.8 Å². The van der Waals surface area contributed by atoms with E-state index in [1.165, 1.54) is 0 Å². The molecule has 0 saturated carbocycles. The van der Waals surface area contributed by atoms with Crippen LogP contribution in [0, 0.1) is 0 Å². The van der Waals surface area contributed by atoms with Crippen molar-refractivity contribution < 1.29 is 70.2 Å². The standard InChI is InChI=1S/C16H10O12S4.4C6H11N2/c17-29(18,19)11-5-13(31(23,24)25)9-3-4-10-14(32(26,27)28)6-12(30(20,21)22)8-2-1-7(11)15(9)16(8)10;4*1-3-8-5-4-7(2)6-8/h1-6H,(H,17,18,19)(H,20,21,22)(H,23,24,25)(H,26,27,28);4*4-6H,3H2,1-2H3/q;4*+1/p-4. The van der Waals surface area contributed by atoms with E-state index in [0.717, 1.165) is 50.4 Å². The highest BCUT2D eigenvalue weighted by Gasteiger charge is 2.24. The molecule has 8 aromatic rings. The molecule has 346 valence electrons. The van der Waals surface area contributed by atoms with Gasteiger partial charge in [0, 0.05) is 21.5 Å². The maximum atomic E-state index is 11.8. The highest BCUT2D eigenvalue weighted by molar-refractivity contribution is 7.87. The van der Waals surface area contributed by atoms with E-state index in [4.69, 9.17) is 0 Å². The van der Waals surface area contributed by atoms with Gasteiger partial charge < -0.3 is 18.2 Å². The number of benzene rings is 4. The maximum Gasteiger partial charge on any atom is 0.243 e. The maximum absolute atomic E-state index is 11.8. The van der Waals surface area contributed by atoms with Crippen LogP contribution in [0.2, 0.25) is 0 Å². The van der Waals surface area contributed by atoms with Crippen LogP contribution >= 0.6 is 0 Å². The van der Waals surface area contributed by atoms with Crippen LogP contribution in [-0.4, -0.2) is 70.2 Å². The second-order valence-corrected chi connectivity index (χ2v) is 19.7. The fourth-order valence-electron chi connectivity index (χ4n) is 6.45. The Morgan fingerprint density at radius 2 is 0.578 bits per heavy atom. The molecular weight excluding hydrogens is 913 g/mol. The smallest absolute Gasteiger partial charge is 0.243 e. The van der Waals surface area contributed by atoms with Crippen LogP contribution in [0.1, 0.15) is 27.7 Å². The van der Waals surface area contributed by atoms with Crippen molar-refractivity contribution in [1.29, 1.82) is 0 Å². The largest absolute Gasteiger partial charge is 0.744 e. The van der Waals surface area contributed by atoms with E-state index in [2.05, 4.69) is 96.1 Å². The number of nitrogens with zero attached hydrogens (tertiary/aromatic N) is 8. The zero-order valence-corrected chi connectivity index (χ0v) is 39.6. The number of aryl methyl sites for hydroxylation is 8. The van der Waals surface area contributed by atoms with Crippen LogP contribution in [0.5, 0.6) is 0 Å². The Labute approximate surface area is 372 Å². The van der Waals surface area contributed by atoms with Crippen LogP contribution in [0.4, 0.5) is 0 Å². The van der Waals surface area contributed by atoms with Crippen molar-refractivity contribution in [2.24, 2.45) is 28.2 Å². The van der Waals surface area contributed by atoms with Crippen molar-refractivity contribution in [3.8, 4) is 0 Å². The highest BCUT2D eigenvalue weighted by atomic mass is 32.2. The minimum atomic E-state index is -5.40. The molecule has 0 unspecified atom stereocenters. The lowest BCUT2D eigenvalue weighted by Gasteiger charge is -2.23. The van der Waals surface area contributed by atoms with Crippen LogP contribution in [-0.2, 0) is 94.8 Å². The average Bonchev–Trinajstić information content (AvgIpc) is 4.04. The lowest BCUT2D eigenvalue weighted by Crippen LogP contribution is -2.23. The first kappa shape index (κ1) is 51.0. The fourth-order valence-corrected chi connectivity index (χ4v) is 9.40. The number of imidazole rings is 4. The summed E-state index contributed by atoms with van der Waals surface area (Å²) in [6.07, 6.45) is 24.6. The third-order valence-corrected chi connectivity index (χ3v) is 13.1. The molecule has 4 aromatic heterocycles. The number of aromatic nitrogens is 8. The Kier molecular flexibility index (Phi) is 16.3. The average molecular weight is 963 g/mol. The Hall–Kier alpha value is -5.60. The van der Waals surface area contributed by atoms with Crippen LogP contribution in [0.15, 0.2) is 131 Å². The van der Waals surface area contributed by atoms with E-state index in [9.17, 15) is 51.9 Å². The van der Waals surface area contributed by atoms with Crippen molar-refractivity contribution in [2.45, 2.75) is 73.5 Å². The monoisotopic (exact) mass is 962 g/mol. The summed E-state index contributed by atoms with van der Waals surface area (Å²) in [6.45, 7) is 12.7. The lowest BCUT2D eigenvalue weighted by molar-refractivity contribution is -0.671. The predicted molar refractivity (Wildman–Crippen MR) is 227 cm³/mol. The normalized spacial score (nSPS) is 11.9. The van der Waals surface area contributed by atoms with Gasteiger partial charge in [-0.05, 0) is 50.6 Å². The molecule has 64 heavy (non-hydrogen) atoms. The van der Waals surface area contributed by atoms with Crippen LogP contribution in [0.25, 0.3) is 32.3 Å². The zero-order valence-electron chi connectivity index (χ0n) is 36.3. The summed E-state index contributed by atoms with van der Waals surface area (Å²) in [5.41, 5.74) is 0. The summed E-state index contributed by atoms with van der Waals surface area (Å²) in [6, 6.07) is 4.27. The third-order valence-electron chi connectivity index (χ3n) is 9.58. The van der Waals surface area contributed by atoms with Gasteiger partial charge in [0.25, 0.3) is 0 Å². The molecule has 8 rings (SSSR count). The molecule has 24 heteroatoms. The second-order valence-electron chi connectivity index (χ2n) is 14.3. The van der Waals surface area contributed by atoms with Gasteiger partial charge in [0.05, 0.1) is 74.0 Å². The number of hydrogen-bond donors (Lipinski definition) is 0. The number of rotatable bonds is 8. The molecule has 0 saturated heterocycles. The molecule has 4 heterocycles. The van der Waals surface area contributed by atoms with E-state index in [1.807, 2.05) is 71.2 Å². The van der Waals surface area contributed by atoms with E-state index < -0.39 is 92.4 Å². The number of hydrogen-bond acceptors (Lipinski definition) is 12. The molecule has 0 amide bonds. The molecule has 20 nitrogen and oxygen atoms in total. The predicted octanol–water partition coefficient (Wildman–Crippen LogP) is 1.53. The Bertz CT molecular complexity index is 2900. The van der Waals surface area contributed by atoms with Gasteiger partial charge in [0.15, 0.2) is 0 Å². The van der Waals surface area contributed by atoms with Gasteiger partial charge in [-0.3, -0.25) is 0 Å². The summed E-state index contributed by atoms with van der Waals surface area (Å²) < 4.78 is 158. The molecule has 0 spiro atoms. The summed E-state index contributed by atoms with van der Waals surface area (Å²) in [5, 5.41) is -2.90. The van der Waals surface area contributed by atoms with Crippen LogP contribution < -0.4 is 18.3 Å². The van der Waals surface area contributed by atoms with Crippen molar-refractivity contribution in [3.05, 3.63) is 111 Å². The SMILES string of the molecule is CCn1cc[n+](C)c1.CCn1cc[n+](C)c1.CCn1cc[n+](C)c1.CCn1cc[n+](C)c1.O=S(=O)([O-])c1cc(S(=O)(=O)[O-])c2ccc3c(S(=O)(=O)[O-])cc(S(=O)(=O)[O-])c4ccc1c2c43. The molecule has 0 aliphatic rings. The molecule has 4 aromatic carbocycles. The van der Waals surface area contributed by atoms with E-state index >= 15 is 0 Å². The Morgan fingerprint density at radius 1 is 0.391 bits per heavy atom. The third kappa shape index (κ3) is 12.8. The molecule has 0 N–H and O–H groups in total. The molecule has 0 atom stereocenters. The van der Waals surface area contributed by atoms with Gasteiger partial charge in [-0.15, -0.1) is 0 Å². The minimum Gasteiger partial charge on any atom is -0.744 e.